The smallest absolute Gasteiger partial charge is 0.322 e. The van der Waals surface area contributed by atoms with E-state index in [4.69, 9.17) is 9.47 Å². The fourth-order valence-electron chi connectivity index (χ4n) is 1.85. The van der Waals surface area contributed by atoms with Gasteiger partial charge >= 0.3 is 6.01 Å². The highest BCUT2D eigenvalue weighted by atomic mass is 16.5. The molecule has 0 aliphatic carbocycles. The maximum atomic E-state index is 5.67. The summed E-state index contributed by atoms with van der Waals surface area (Å²) in [5.74, 6) is 1.28. The van der Waals surface area contributed by atoms with Gasteiger partial charge in [0.15, 0.2) is 11.5 Å². The molecule has 112 valence electrons. The third-order valence-electron chi connectivity index (χ3n) is 2.96. The number of benzene rings is 1. The van der Waals surface area contributed by atoms with E-state index in [9.17, 15) is 0 Å². The molecule has 0 amide bonds. The quantitative estimate of drug-likeness (QED) is 0.793. The van der Waals surface area contributed by atoms with E-state index < -0.39 is 0 Å². The molecule has 0 saturated heterocycles. The first-order valence-corrected chi connectivity index (χ1v) is 7.07. The third-order valence-corrected chi connectivity index (χ3v) is 2.96. The summed E-state index contributed by atoms with van der Waals surface area (Å²) in [5.41, 5.74) is 2.14. The second kappa shape index (κ2) is 7.59. The normalized spacial score (nSPS) is 10.4. The van der Waals surface area contributed by atoms with Gasteiger partial charge in [-0.05, 0) is 37.6 Å². The number of nitrogens with one attached hydrogen (secondary N) is 1. The highest BCUT2D eigenvalue weighted by Gasteiger charge is 2.07. The van der Waals surface area contributed by atoms with Crippen LogP contribution in [0.2, 0.25) is 0 Å². The van der Waals surface area contributed by atoms with Gasteiger partial charge in [0.25, 0.3) is 0 Å². The van der Waals surface area contributed by atoms with Crippen LogP contribution in [0, 0.1) is 6.92 Å². The van der Waals surface area contributed by atoms with Gasteiger partial charge in [0.1, 0.15) is 0 Å². The number of hydrogen-bond donors (Lipinski definition) is 1. The van der Waals surface area contributed by atoms with Crippen molar-refractivity contribution in [2.75, 3.05) is 13.7 Å². The molecule has 0 fully saturated rings. The van der Waals surface area contributed by atoms with E-state index in [-0.39, 0.29) is 0 Å². The Labute approximate surface area is 125 Å². The monoisotopic (exact) mass is 287 g/mol. The fourth-order valence-corrected chi connectivity index (χ4v) is 1.85. The minimum Gasteiger partial charge on any atom is -0.493 e. The number of hydrogen-bond acceptors (Lipinski definition) is 5. The average molecular weight is 287 g/mol. The molecule has 0 aliphatic rings. The molecule has 0 saturated carbocycles. The summed E-state index contributed by atoms with van der Waals surface area (Å²) in [7, 11) is 1.62. The summed E-state index contributed by atoms with van der Waals surface area (Å²) in [6.45, 7) is 5.89. The van der Waals surface area contributed by atoms with E-state index in [2.05, 4.69) is 22.2 Å². The van der Waals surface area contributed by atoms with Crippen LogP contribution in [0.4, 0.5) is 0 Å². The Morgan fingerprint density at radius 2 is 1.90 bits per heavy atom. The molecule has 1 aromatic heterocycles. The van der Waals surface area contributed by atoms with Gasteiger partial charge in [0, 0.05) is 24.5 Å². The number of rotatable bonds is 7. The van der Waals surface area contributed by atoms with Gasteiger partial charge in [-0.15, -0.1) is 0 Å². The topological polar surface area (TPSA) is 56.3 Å². The van der Waals surface area contributed by atoms with Gasteiger partial charge in [0.05, 0.1) is 7.11 Å². The van der Waals surface area contributed by atoms with Crippen LogP contribution in [0.3, 0.4) is 0 Å². The lowest BCUT2D eigenvalue weighted by Crippen LogP contribution is -2.14. The molecule has 0 radical (unpaired) electrons. The van der Waals surface area contributed by atoms with Crippen LogP contribution in [-0.2, 0) is 6.54 Å². The number of ether oxygens (including phenoxy) is 2. The molecule has 1 aromatic carbocycles. The minimum absolute atomic E-state index is 0.316. The van der Waals surface area contributed by atoms with Crippen LogP contribution in [0.1, 0.15) is 24.5 Å². The van der Waals surface area contributed by atoms with Crippen molar-refractivity contribution in [1.82, 2.24) is 15.3 Å². The van der Waals surface area contributed by atoms with Crippen molar-refractivity contribution in [3.05, 3.63) is 41.7 Å². The predicted molar refractivity (Wildman–Crippen MR) is 81.8 cm³/mol. The lowest BCUT2D eigenvalue weighted by molar-refractivity contribution is 0.367. The van der Waals surface area contributed by atoms with Crippen LogP contribution in [0.5, 0.6) is 17.5 Å². The molecule has 0 spiro atoms. The summed E-state index contributed by atoms with van der Waals surface area (Å²) in [5, 5.41) is 3.30. The van der Waals surface area contributed by atoms with Gasteiger partial charge in [-0.1, -0.05) is 13.0 Å². The maximum Gasteiger partial charge on any atom is 0.322 e. The van der Waals surface area contributed by atoms with Crippen LogP contribution < -0.4 is 14.8 Å². The summed E-state index contributed by atoms with van der Waals surface area (Å²) < 4.78 is 11.0. The maximum absolute atomic E-state index is 5.67. The highest BCUT2D eigenvalue weighted by molar-refractivity contribution is 5.43. The SMILES string of the molecule is CCCNCc1cnc(Oc2ccc(C)cc2OC)nc1. The third kappa shape index (κ3) is 4.43. The standard InChI is InChI=1S/C16H21N3O2/c1-4-7-17-9-13-10-18-16(19-11-13)21-14-6-5-12(2)8-15(14)20-3/h5-6,8,10-11,17H,4,7,9H2,1-3H3. The first-order chi connectivity index (χ1) is 10.2. The Bertz CT molecular complexity index is 570. The lowest BCUT2D eigenvalue weighted by Gasteiger charge is -2.10. The first-order valence-electron chi connectivity index (χ1n) is 7.07. The van der Waals surface area contributed by atoms with E-state index in [1.165, 1.54) is 0 Å². The van der Waals surface area contributed by atoms with Crippen molar-refractivity contribution < 1.29 is 9.47 Å². The van der Waals surface area contributed by atoms with Gasteiger partial charge in [-0.3, -0.25) is 0 Å². The van der Waals surface area contributed by atoms with E-state index in [0.717, 1.165) is 30.6 Å². The Kier molecular flexibility index (Phi) is 5.51. The van der Waals surface area contributed by atoms with Crippen molar-refractivity contribution >= 4 is 0 Å². The van der Waals surface area contributed by atoms with Crippen molar-refractivity contribution in [3.63, 3.8) is 0 Å². The Balaban J connectivity index is 2.03. The first kappa shape index (κ1) is 15.3. The van der Waals surface area contributed by atoms with Crippen LogP contribution >= 0.6 is 0 Å². The number of aryl methyl sites for hydroxylation is 1. The average Bonchev–Trinajstić information content (AvgIpc) is 2.51. The van der Waals surface area contributed by atoms with Crippen molar-refractivity contribution in [2.24, 2.45) is 0 Å². The van der Waals surface area contributed by atoms with E-state index in [1.807, 2.05) is 25.1 Å². The molecule has 2 aromatic rings. The summed E-state index contributed by atoms with van der Waals surface area (Å²) in [6.07, 6.45) is 4.65. The molecule has 0 unspecified atom stereocenters. The second-order valence-electron chi connectivity index (χ2n) is 4.81. The molecule has 2 rings (SSSR count). The van der Waals surface area contributed by atoms with Gasteiger partial charge < -0.3 is 14.8 Å². The molecule has 1 heterocycles. The molecular weight excluding hydrogens is 266 g/mol. The Morgan fingerprint density at radius 3 is 2.57 bits per heavy atom. The van der Waals surface area contributed by atoms with E-state index in [1.54, 1.807) is 19.5 Å². The van der Waals surface area contributed by atoms with E-state index in [0.29, 0.717) is 17.5 Å². The van der Waals surface area contributed by atoms with E-state index >= 15 is 0 Å². The van der Waals surface area contributed by atoms with Crippen molar-refractivity contribution in [3.8, 4) is 17.5 Å². The molecule has 1 N–H and O–H groups in total. The summed E-state index contributed by atoms with van der Waals surface area (Å²) >= 11 is 0. The molecule has 0 bridgehead atoms. The largest absolute Gasteiger partial charge is 0.493 e. The summed E-state index contributed by atoms with van der Waals surface area (Å²) in [4.78, 5) is 8.44. The molecule has 0 aliphatic heterocycles. The fraction of sp³-hybridized carbons (Fsp3) is 0.375. The number of nitrogens with zero attached hydrogens (tertiary/aromatic N) is 2. The molecule has 0 atom stereocenters. The zero-order valence-electron chi connectivity index (χ0n) is 12.7. The molecular formula is C16H21N3O2. The van der Waals surface area contributed by atoms with Crippen molar-refractivity contribution in [2.45, 2.75) is 26.8 Å². The highest BCUT2D eigenvalue weighted by Crippen LogP contribution is 2.30. The zero-order chi connectivity index (χ0) is 15.1. The zero-order valence-corrected chi connectivity index (χ0v) is 12.7. The summed E-state index contributed by atoms with van der Waals surface area (Å²) in [6, 6.07) is 6.05. The minimum atomic E-state index is 0.316. The second-order valence-corrected chi connectivity index (χ2v) is 4.81. The number of methoxy groups -OCH3 is 1. The van der Waals surface area contributed by atoms with Gasteiger partial charge in [-0.25, -0.2) is 9.97 Å². The molecule has 5 nitrogen and oxygen atoms in total. The van der Waals surface area contributed by atoms with Crippen LogP contribution in [0.25, 0.3) is 0 Å². The van der Waals surface area contributed by atoms with Gasteiger partial charge in [-0.2, -0.15) is 0 Å². The predicted octanol–water partition coefficient (Wildman–Crippen LogP) is 3.09. The van der Waals surface area contributed by atoms with Crippen LogP contribution in [-0.4, -0.2) is 23.6 Å². The lowest BCUT2D eigenvalue weighted by atomic mass is 10.2. The van der Waals surface area contributed by atoms with Crippen LogP contribution in [0.15, 0.2) is 30.6 Å². The number of aromatic nitrogens is 2. The van der Waals surface area contributed by atoms with Crippen molar-refractivity contribution in [1.29, 1.82) is 0 Å². The Morgan fingerprint density at radius 1 is 1.14 bits per heavy atom. The van der Waals surface area contributed by atoms with Gasteiger partial charge in [0.2, 0.25) is 0 Å². The Hall–Kier alpha value is -2.14. The molecule has 5 heteroatoms. The molecule has 21 heavy (non-hydrogen) atoms.